The number of hydrogen-bond acceptors (Lipinski definition) is 5. The molecule has 0 fully saturated rings. The van der Waals surface area contributed by atoms with E-state index in [-0.39, 0.29) is 0 Å². The lowest BCUT2D eigenvalue weighted by Gasteiger charge is -2.20. The third-order valence-electron chi connectivity index (χ3n) is 1.35. The van der Waals surface area contributed by atoms with Crippen LogP contribution < -0.4 is 5.32 Å². The molecule has 0 saturated heterocycles. The summed E-state index contributed by atoms with van der Waals surface area (Å²) in [6, 6.07) is 0. The minimum atomic E-state index is -4.75. The van der Waals surface area contributed by atoms with Crippen molar-refractivity contribution in [3.8, 4) is 0 Å². The average Bonchev–Trinajstić information content (AvgIpc) is 1.93. The van der Waals surface area contributed by atoms with Crippen molar-refractivity contribution in [2.24, 2.45) is 0 Å². The third kappa shape index (κ3) is 8.04. The van der Waals surface area contributed by atoms with Crippen LogP contribution in [0.3, 0.4) is 0 Å². The molecule has 15 heavy (non-hydrogen) atoms. The molecule has 7 N–H and O–H groups in total. The summed E-state index contributed by atoms with van der Waals surface area (Å²) < 4.78 is 21.3. The van der Waals surface area contributed by atoms with Crippen LogP contribution in [0.2, 0.25) is 0 Å². The van der Waals surface area contributed by atoms with E-state index in [1.807, 2.05) is 5.32 Å². The van der Waals surface area contributed by atoms with Crippen molar-refractivity contribution in [3.63, 3.8) is 0 Å². The van der Waals surface area contributed by atoms with E-state index in [0.29, 0.717) is 0 Å². The number of aliphatic hydroxyl groups excluding tert-OH is 1. The average molecular weight is 265 g/mol. The molecule has 0 aliphatic carbocycles. The molecule has 0 amide bonds. The van der Waals surface area contributed by atoms with Crippen LogP contribution in [-0.2, 0) is 9.13 Å². The minimum absolute atomic E-state index is 0.601. The molecule has 1 unspecified atom stereocenters. The van der Waals surface area contributed by atoms with E-state index in [1.165, 1.54) is 0 Å². The Bertz CT molecular complexity index is 280. The molecule has 0 bridgehead atoms. The number of rotatable bonds is 6. The summed E-state index contributed by atoms with van der Waals surface area (Å²) in [5.74, 6) is -1.81. The smallest absolute Gasteiger partial charge is 0.342 e. The van der Waals surface area contributed by atoms with Gasteiger partial charge in [0.1, 0.15) is 5.78 Å². The summed E-state index contributed by atoms with van der Waals surface area (Å²) >= 11 is 0. The Balaban J connectivity index is 4.48. The van der Waals surface area contributed by atoms with Gasteiger partial charge in [0.05, 0.1) is 6.16 Å². The zero-order chi connectivity index (χ0) is 12.3. The standard InChI is InChI=1S/C4H13NO8P2/c6-4(7)1-5-3(15(11,12)13)2-14(8,9)10/h3-7H,1-2H2,(H2,8,9,10)(H2,11,12,13). The maximum atomic E-state index is 10.7. The molecule has 0 aliphatic rings. The van der Waals surface area contributed by atoms with Crippen molar-refractivity contribution in [3.05, 3.63) is 0 Å². The third-order valence-corrected chi connectivity index (χ3v) is 3.66. The molecule has 92 valence electrons. The first-order valence-electron chi connectivity index (χ1n) is 3.71. The Morgan fingerprint density at radius 3 is 1.80 bits per heavy atom. The van der Waals surface area contributed by atoms with Crippen molar-refractivity contribution < 1.29 is 38.9 Å². The summed E-state index contributed by atoms with van der Waals surface area (Å²) in [6.45, 7) is -0.601. The highest BCUT2D eigenvalue weighted by Crippen LogP contribution is 2.47. The first-order chi connectivity index (χ1) is 6.52. The van der Waals surface area contributed by atoms with Crippen LogP contribution in [0.5, 0.6) is 0 Å². The molecule has 0 radical (unpaired) electrons. The maximum absolute atomic E-state index is 10.7. The summed E-state index contributed by atoms with van der Waals surface area (Å²) in [6.07, 6.45) is -2.94. The molecule has 0 aliphatic heterocycles. The molecular weight excluding hydrogens is 252 g/mol. The molecule has 0 spiro atoms. The molecule has 1 atom stereocenters. The molecule has 0 saturated carbocycles. The van der Waals surface area contributed by atoms with E-state index in [9.17, 15) is 9.13 Å². The Labute approximate surface area is 85.1 Å². The number of nitrogens with one attached hydrogen (secondary N) is 1. The fraction of sp³-hybridized carbons (Fsp3) is 1.00. The fourth-order valence-electron chi connectivity index (χ4n) is 0.757. The van der Waals surface area contributed by atoms with Crippen LogP contribution in [0, 0.1) is 0 Å². The zero-order valence-electron chi connectivity index (χ0n) is 7.46. The molecular formula is C4H13NO8P2. The summed E-state index contributed by atoms with van der Waals surface area (Å²) in [4.78, 5) is 34.4. The lowest BCUT2D eigenvalue weighted by molar-refractivity contribution is -0.0376. The van der Waals surface area contributed by atoms with Crippen LogP contribution in [0.1, 0.15) is 0 Å². The molecule has 0 aromatic carbocycles. The summed E-state index contributed by atoms with van der Waals surface area (Å²) in [7, 11) is -9.35. The summed E-state index contributed by atoms with van der Waals surface area (Å²) in [5.41, 5.74) is 0. The predicted molar refractivity (Wildman–Crippen MR) is 49.0 cm³/mol. The highest BCUT2D eigenvalue weighted by molar-refractivity contribution is 7.56. The van der Waals surface area contributed by atoms with E-state index < -0.39 is 40.0 Å². The number of hydrogen-bond donors (Lipinski definition) is 7. The highest BCUT2D eigenvalue weighted by Gasteiger charge is 2.34. The van der Waals surface area contributed by atoms with Gasteiger partial charge in [-0.15, -0.1) is 0 Å². The Kier molecular flexibility index (Phi) is 5.56. The Morgan fingerprint density at radius 1 is 1.07 bits per heavy atom. The molecule has 0 rings (SSSR count). The van der Waals surface area contributed by atoms with Crippen LogP contribution in [0.25, 0.3) is 0 Å². The van der Waals surface area contributed by atoms with E-state index in [2.05, 4.69) is 0 Å². The second-order valence-electron chi connectivity index (χ2n) is 2.84. The van der Waals surface area contributed by atoms with Crippen LogP contribution in [0.4, 0.5) is 0 Å². The van der Waals surface area contributed by atoms with Crippen molar-refractivity contribution in [2.45, 2.75) is 12.1 Å². The first-order valence-corrected chi connectivity index (χ1v) is 7.19. The fourth-order valence-corrected chi connectivity index (χ4v) is 3.17. The van der Waals surface area contributed by atoms with E-state index >= 15 is 0 Å². The molecule has 0 aromatic heterocycles. The molecule has 9 nitrogen and oxygen atoms in total. The largest absolute Gasteiger partial charge is 0.367 e. The van der Waals surface area contributed by atoms with Gasteiger partial charge in [0.2, 0.25) is 0 Å². The zero-order valence-corrected chi connectivity index (χ0v) is 9.25. The van der Waals surface area contributed by atoms with Gasteiger partial charge in [-0.05, 0) is 0 Å². The summed E-state index contributed by atoms with van der Waals surface area (Å²) in [5, 5.41) is 18.8. The van der Waals surface area contributed by atoms with Crippen molar-refractivity contribution in [2.75, 3.05) is 12.7 Å². The second-order valence-corrected chi connectivity index (χ2v) is 6.34. The van der Waals surface area contributed by atoms with Crippen molar-refractivity contribution in [1.82, 2.24) is 5.32 Å². The Hall–Kier alpha value is 0.180. The van der Waals surface area contributed by atoms with E-state index in [1.54, 1.807) is 0 Å². The van der Waals surface area contributed by atoms with Gasteiger partial charge < -0.3 is 29.8 Å². The molecule has 11 heteroatoms. The maximum Gasteiger partial charge on any atom is 0.342 e. The lowest BCUT2D eigenvalue weighted by Crippen LogP contribution is -2.37. The first kappa shape index (κ1) is 15.2. The van der Waals surface area contributed by atoms with Gasteiger partial charge in [-0.3, -0.25) is 14.4 Å². The minimum Gasteiger partial charge on any atom is -0.367 e. The topological polar surface area (TPSA) is 168 Å². The van der Waals surface area contributed by atoms with E-state index in [4.69, 9.17) is 29.8 Å². The van der Waals surface area contributed by atoms with Gasteiger partial charge in [0.15, 0.2) is 6.29 Å². The van der Waals surface area contributed by atoms with Gasteiger partial charge in [-0.2, -0.15) is 0 Å². The van der Waals surface area contributed by atoms with Gasteiger partial charge in [0.25, 0.3) is 0 Å². The van der Waals surface area contributed by atoms with Crippen LogP contribution in [0.15, 0.2) is 0 Å². The SMILES string of the molecule is O=P(O)(O)CC(NCC(O)O)P(=O)(O)O. The Morgan fingerprint density at radius 2 is 1.53 bits per heavy atom. The van der Waals surface area contributed by atoms with Gasteiger partial charge in [0, 0.05) is 6.54 Å². The van der Waals surface area contributed by atoms with Crippen molar-refractivity contribution in [1.29, 1.82) is 0 Å². The van der Waals surface area contributed by atoms with Gasteiger partial charge >= 0.3 is 15.2 Å². The lowest BCUT2D eigenvalue weighted by atomic mass is 10.6. The monoisotopic (exact) mass is 265 g/mol. The quantitative estimate of drug-likeness (QED) is 0.204. The van der Waals surface area contributed by atoms with Gasteiger partial charge in [-0.25, -0.2) is 0 Å². The van der Waals surface area contributed by atoms with Crippen LogP contribution >= 0.6 is 15.2 Å². The predicted octanol–water partition coefficient (Wildman–Crippen LogP) is -2.43. The molecule has 0 heterocycles. The highest BCUT2D eigenvalue weighted by atomic mass is 31.2. The van der Waals surface area contributed by atoms with E-state index in [0.717, 1.165) is 0 Å². The normalized spacial score (nSPS) is 15.7. The van der Waals surface area contributed by atoms with Crippen molar-refractivity contribution >= 4 is 15.2 Å². The molecule has 0 aromatic rings. The number of aliphatic hydroxyl groups is 2. The second kappa shape index (κ2) is 5.49. The van der Waals surface area contributed by atoms with Crippen LogP contribution in [-0.4, -0.2) is 54.6 Å². The van der Waals surface area contributed by atoms with Gasteiger partial charge in [-0.1, -0.05) is 0 Å².